The van der Waals surface area contributed by atoms with Gasteiger partial charge in [-0.25, -0.2) is 0 Å². The van der Waals surface area contributed by atoms with Gasteiger partial charge >= 0.3 is 0 Å². The molecule has 2 nitrogen and oxygen atoms in total. The molecule has 0 spiro atoms. The smallest absolute Gasteiger partial charge is 0.0892 e. The van der Waals surface area contributed by atoms with Gasteiger partial charge in [-0.15, -0.1) is 0 Å². The normalized spacial score (nSPS) is 12.3. The number of nitrogens with zero attached hydrogens (tertiary/aromatic N) is 2. The molecule has 140 valence electrons. The van der Waals surface area contributed by atoms with Crippen molar-refractivity contribution in [1.29, 1.82) is 0 Å². The molecule has 0 saturated heterocycles. The second-order valence-electron chi connectivity index (χ2n) is 9.31. The molecule has 0 aliphatic carbocycles. The zero-order chi connectivity index (χ0) is 19.8. The van der Waals surface area contributed by atoms with Crippen LogP contribution in [0.1, 0.15) is 58.2 Å². The molecule has 0 unspecified atom stereocenters. The molecule has 0 N–H and O–H groups in total. The van der Waals surface area contributed by atoms with Gasteiger partial charge in [0, 0.05) is 12.4 Å². The SMILES string of the molecule is Cc1c(C(C)(C)C)ccc(-c2ccnc(-c3ccccn3)c2)c1C(C)(C)C. The minimum atomic E-state index is 0.0507. The van der Waals surface area contributed by atoms with Gasteiger partial charge in [0.25, 0.3) is 0 Å². The van der Waals surface area contributed by atoms with Crippen LogP contribution in [0.5, 0.6) is 0 Å². The number of hydrogen-bond donors (Lipinski definition) is 0. The van der Waals surface area contributed by atoms with E-state index in [9.17, 15) is 0 Å². The zero-order valence-corrected chi connectivity index (χ0v) is 17.6. The highest BCUT2D eigenvalue weighted by Crippen LogP contribution is 2.40. The van der Waals surface area contributed by atoms with Crippen molar-refractivity contribution in [3.05, 3.63) is 71.5 Å². The molecule has 0 atom stereocenters. The largest absolute Gasteiger partial charge is 0.255 e. The Morgan fingerprint density at radius 1 is 0.704 bits per heavy atom. The minimum Gasteiger partial charge on any atom is -0.255 e. The third kappa shape index (κ3) is 3.95. The maximum atomic E-state index is 4.54. The van der Waals surface area contributed by atoms with Crippen LogP contribution in [0.25, 0.3) is 22.5 Å². The van der Waals surface area contributed by atoms with E-state index in [1.807, 2.05) is 30.6 Å². The topological polar surface area (TPSA) is 25.8 Å². The number of benzene rings is 1. The van der Waals surface area contributed by atoms with Crippen LogP contribution >= 0.6 is 0 Å². The van der Waals surface area contributed by atoms with E-state index in [-0.39, 0.29) is 10.8 Å². The summed E-state index contributed by atoms with van der Waals surface area (Å²) in [5, 5.41) is 0. The minimum absolute atomic E-state index is 0.0507. The molecule has 2 heterocycles. The van der Waals surface area contributed by atoms with E-state index in [4.69, 9.17) is 0 Å². The molecule has 0 bridgehead atoms. The van der Waals surface area contributed by atoms with Crippen LogP contribution in [0.3, 0.4) is 0 Å². The van der Waals surface area contributed by atoms with Gasteiger partial charge in [-0.1, -0.05) is 59.7 Å². The first-order chi connectivity index (χ1) is 12.6. The lowest BCUT2D eigenvalue weighted by Gasteiger charge is -2.31. The molecule has 27 heavy (non-hydrogen) atoms. The first-order valence-corrected chi connectivity index (χ1v) is 9.61. The van der Waals surface area contributed by atoms with Gasteiger partial charge in [-0.3, -0.25) is 9.97 Å². The van der Waals surface area contributed by atoms with Gasteiger partial charge in [0.2, 0.25) is 0 Å². The van der Waals surface area contributed by atoms with Crippen LogP contribution in [0, 0.1) is 6.92 Å². The molecule has 3 rings (SSSR count). The molecule has 2 aromatic heterocycles. The van der Waals surface area contributed by atoms with Crippen molar-refractivity contribution < 1.29 is 0 Å². The van der Waals surface area contributed by atoms with E-state index in [1.165, 1.54) is 27.8 Å². The first-order valence-electron chi connectivity index (χ1n) is 9.61. The average molecular weight is 359 g/mol. The van der Waals surface area contributed by atoms with Gasteiger partial charge in [0.05, 0.1) is 11.4 Å². The lowest BCUT2D eigenvalue weighted by atomic mass is 9.73. The Morgan fingerprint density at radius 2 is 1.41 bits per heavy atom. The van der Waals surface area contributed by atoms with Gasteiger partial charge in [-0.2, -0.15) is 0 Å². The van der Waals surface area contributed by atoms with Crippen molar-refractivity contribution in [2.75, 3.05) is 0 Å². The lowest BCUT2D eigenvalue weighted by molar-refractivity contribution is 0.562. The molecule has 1 aromatic carbocycles. The molecule has 0 aliphatic rings. The van der Waals surface area contributed by atoms with Crippen LogP contribution < -0.4 is 0 Å². The van der Waals surface area contributed by atoms with Gasteiger partial charge < -0.3 is 0 Å². The molecule has 3 aromatic rings. The highest BCUT2D eigenvalue weighted by atomic mass is 14.8. The van der Waals surface area contributed by atoms with Crippen LogP contribution in [0.2, 0.25) is 0 Å². The molecular formula is C25H30N2. The fourth-order valence-electron chi connectivity index (χ4n) is 3.98. The second-order valence-corrected chi connectivity index (χ2v) is 9.31. The van der Waals surface area contributed by atoms with Crippen LogP contribution in [0.15, 0.2) is 54.9 Å². The summed E-state index contributed by atoms with van der Waals surface area (Å²) in [5.74, 6) is 0. The Kier molecular flexibility index (Phi) is 4.94. The van der Waals surface area contributed by atoms with Crippen molar-refractivity contribution in [2.24, 2.45) is 0 Å². The molecular weight excluding hydrogens is 328 g/mol. The van der Waals surface area contributed by atoms with Gasteiger partial charge in [0.1, 0.15) is 0 Å². The Morgan fingerprint density at radius 3 is 2.00 bits per heavy atom. The van der Waals surface area contributed by atoms with E-state index in [2.05, 4.69) is 82.7 Å². The second kappa shape index (κ2) is 6.92. The van der Waals surface area contributed by atoms with Crippen LogP contribution in [0.4, 0.5) is 0 Å². The monoisotopic (exact) mass is 358 g/mol. The summed E-state index contributed by atoms with van der Waals surface area (Å²) in [6, 6.07) is 14.8. The zero-order valence-electron chi connectivity index (χ0n) is 17.6. The maximum Gasteiger partial charge on any atom is 0.0892 e. The molecule has 0 aliphatic heterocycles. The number of aromatic nitrogens is 2. The highest BCUT2D eigenvalue weighted by molar-refractivity contribution is 5.74. The van der Waals surface area contributed by atoms with E-state index in [0.717, 1.165) is 11.4 Å². The summed E-state index contributed by atoms with van der Waals surface area (Å²) < 4.78 is 0. The van der Waals surface area contributed by atoms with Gasteiger partial charge in [-0.05, 0) is 69.8 Å². The highest BCUT2D eigenvalue weighted by Gasteiger charge is 2.26. The van der Waals surface area contributed by atoms with Gasteiger partial charge in [0.15, 0.2) is 0 Å². The number of rotatable bonds is 2. The predicted molar refractivity (Wildman–Crippen MR) is 115 cm³/mol. The summed E-state index contributed by atoms with van der Waals surface area (Å²) in [7, 11) is 0. The molecule has 0 radical (unpaired) electrons. The molecule has 0 fully saturated rings. The third-order valence-electron chi connectivity index (χ3n) is 5.02. The Hall–Kier alpha value is -2.48. The Balaban J connectivity index is 2.22. The Bertz CT molecular complexity index is 942. The van der Waals surface area contributed by atoms with Crippen molar-refractivity contribution in [3.63, 3.8) is 0 Å². The molecule has 0 amide bonds. The average Bonchev–Trinajstić information content (AvgIpc) is 2.60. The maximum absolute atomic E-state index is 4.54. The van der Waals surface area contributed by atoms with Crippen LogP contribution in [-0.2, 0) is 10.8 Å². The van der Waals surface area contributed by atoms with Crippen molar-refractivity contribution in [2.45, 2.75) is 59.3 Å². The fourth-order valence-corrected chi connectivity index (χ4v) is 3.98. The third-order valence-corrected chi connectivity index (χ3v) is 5.02. The molecule has 0 saturated carbocycles. The first kappa shape index (κ1) is 19.3. The van der Waals surface area contributed by atoms with Crippen molar-refractivity contribution >= 4 is 0 Å². The fraction of sp³-hybridized carbons (Fsp3) is 0.360. The van der Waals surface area contributed by atoms with E-state index >= 15 is 0 Å². The van der Waals surface area contributed by atoms with Crippen LogP contribution in [-0.4, -0.2) is 9.97 Å². The number of pyridine rings is 2. The summed E-state index contributed by atoms with van der Waals surface area (Å²) in [4.78, 5) is 9.00. The summed E-state index contributed by atoms with van der Waals surface area (Å²) in [6.45, 7) is 16.0. The summed E-state index contributed by atoms with van der Waals surface area (Å²) in [5.41, 5.74) is 8.68. The number of hydrogen-bond acceptors (Lipinski definition) is 2. The summed E-state index contributed by atoms with van der Waals surface area (Å²) >= 11 is 0. The lowest BCUT2D eigenvalue weighted by Crippen LogP contribution is -2.20. The standard InChI is InChI=1S/C25H30N2/c1-17-20(24(2,3)4)12-11-19(23(17)25(5,6)7)18-13-15-27-22(16-18)21-10-8-9-14-26-21/h8-16H,1-7H3. The Labute approximate surface area is 163 Å². The quantitative estimate of drug-likeness (QED) is 0.508. The van der Waals surface area contributed by atoms with E-state index in [1.54, 1.807) is 0 Å². The molecule has 2 heteroatoms. The summed E-state index contributed by atoms with van der Waals surface area (Å²) in [6.07, 6.45) is 3.70. The predicted octanol–water partition coefficient (Wildman–Crippen LogP) is 6.71. The van der Waals surface area contributed by atoms with Crippen molar-refractivity contribution in [3.8, 4) is 22.5 Å². The van der Waals surface area contributed by atoms with E-state index < -0.39 is 0 Å². The van der Waals surface area contributed by atoms with E-state index in [0.29, 0.717) is 0 Å². The van der Waals surface area contributed by atoms with Crippen molar-refractivity contribution in [1.82, 2.24) is 9.97 Å².